The van der Waals surface area contributed by atoms with Gasteiger partial charge in [0.25, 0.3) is 0 Å². The van der Waals surface area contributed by atoms with Gasteiger partial charge in [-0.25, -0.2) is 4.79 Å². The summed E-state index contributed by atoms with van der Waals surface area (Å²) in [5, 5.41) is 12.1. The van der Waals surface area contributed by atoms with Crippen LogP contribution in [0.1, 0.15) is 67.2 Å². The van der Waals surface area contributed by atoms with Crippen molar-refractivity contribution in [1.82, 2.24) is 0 Å². The largest absolute Gasteiger partial charge is 0.455 e. The van der Waals surface area contributed by atoms with Crippen molar-refractivity contribution >= 4 is 11.8 Å². The van der Waals surface area contributed by atoms with E-state index in [4.69, 9.17) is 9.47 Å². The number of allylic oxidation sites excluding steroid dienone is 1. The van der Waals surface area contributed by atoms with Crippen LogP contribution in [0, 0.1) is 29.6 Å². The predicted octanol–water partition coefficient (Wildman–Crippen LogP) is 3.99. The van der Waals surface area contributed by atoms with Crippen molar-refractivity contribution in [3.63, 3.8) is 0 Å². The molecule has 2 aliphatic heterocycles. The number of cyclic esters (lactones) is 1. The monoisotopic (exact) mass is 416 g/mol. The first-order chi connectivity index (χ1) is 14.0. The van der Waals surface area contributed by atoms with Crippen molar-refractivity contribution in [1.29, 1.82) is 0 Å². The average Bonchev–Trinajstić information content (AvgIpc) is 3.25. The molecule has 0 spiro atoms. The van der Waals surface area contributed by atoms with E-state index < -0.39 is 23.2 Å². The van der Waals surface area contributed by atoms with Gasteiger partial charge in [0, 0.05) is 12.0 Å². The topological polar surface area (TPSA) is 72.8 Å². The molecule has 1 saturated heterocycles. The van der Waals surface area contributed by atoms with Crippen LogP contribution in [-0.4, -0.2) is 40.3 Å². The molecule has 166 valence electrons. The van der Waals surface area contributed by atoms with Crippen molar-refractivity contribution < 1.29 is 24.2 Å². The number of fused-ring (bicyclic) bond motifs is 2. The first kappa shape index (κ1) is 21.8. The third-order valence-electron chi connectivity index (χ3n) is 8.44. The number of carbonyl (C=O) groups is 2. The summed E-state index contributed by atoms with van der Waals surface area (Å²) in [6, 6.07) is 0. The Balaban J connectivity index is 1.69. The van der Waals surface area contributed by atoms with E-state index in [9.17, 15) is 14.7 Å². The van der Waals surface area contributed by atoms with Crippen LogP contribution in [0.4, 0.5) is 0 Å². The number of hydrogen-bond acceptors (Lipinski definition) is 5. The number of esters is 1. The van der Waals surface area contributed by atoms with E-state index in [0.717, 1.165) is 24.0 Å². The highest BCUT2D eigenvalue weighted by atomic mass is 16.6. The summed E-state index contributed by atoms with van der Waals surface area (Å²) in [5.41, 5.74) is -0.0165. The van der Waals surface area contributed by atoms with Gasteiger partial charge < -0.3 is 14.6 Å². The summed E-state index contributed by atoms with van der Waals surface area (Å²) in [6.07, 6.45) is 5.92. The van der Waals surface area contributed by atoms with E-state index in [-0.39, 0.29) is 35.6 Å². The van der Waals surface area contributed by atoms with Crippen molar-refractivity contribution in [2.45, 2.75) is 90.6 Å². The van der Waals surface area contributed by atoms with Gasteiger partial charge in [-0.15, -0.1) is 0 Å². The lowest BCUT2D eigenvalue weighted by molar-refractivity contribution is -0.161. The molecule has 0 bridgehead atoms. The fourth-order valence-electron chi connectivity index (χ4n) is 6.90. The summed E-state index contributed by atoms with van der Waals surface area (Å²) in [7, 11) is 0. The van der Waals surface area contributed by atoms with Crippen LogP contribution < -0.4 is 0 Å². The van der Waals surface area contributed by atoms with Gasteiger partial charge in [-0.2, -0.15) is 0 Å². The number of aliphatic hydroxyl groups is 1. The zero-order chi connectivity index (χ0) is 22.0. The molecule has 2 heterocycles. The molecule has 3 fully saturated rings. The Hall–Kier alpha value is -1.46. The standard InChI is InChI=1S/C25H36O5/c1-13(2)11-19-25(28)16(5)17-8-7-14(3)21(17)22(27)23(25)24(6,30-19)10-9-18-15(4)12-20(26)29-18/h11-12,14,16-19,21,23,28H,7-10H2,1-6H3/t14-,16-,17-,18?,19+,21-,23-,24-,25-/m0/s1. The predicted molar refractivity (Wildman–Crippen MR) is 114 cm³/mol. The van der Waals surface area contributed by atoms with Gasteiger partial charge >= 0.3 is 5.97 Å². The summed E-state index contributed by atoms with van der Waals surface area (Å²) >= 11 is 0. The Labute approximate surface area is 179 Å². The molecule has 0 radical (unpaired) electrons. The Kier molecular flexibility index (Phi) is 5.30. The molecule has 0 amide bonds. The van der Waals surface area contributed by atoms with Crippen molar-refractivity contribution in [3.8, 4) is 0 Å². The van der Waals surface area contributed by atoms with Crippen molar-refractivity contribution in [2.75, 3.05) is 0 Å². The molecule has 0 aromatic heterocycles. The Bertz CT molecular complexity index is 808. The third kappa shape index (κ3) is 3.12. The first-order valence-corrected chi connectivity index (χ1v) is 11.5. The first-order valence-electron chi connectivity index (χ1n) is 11.5. The van der Waals surface area contributed by atoms with Gasteiger partial charge in [0.15, 0.2) is 0 Å². The Morgan fingerprint density at radius 1 is 1.27 bits per heavy atom. The number of Topliss-reactive ketones (excluding diaryl/α,β-unsaturated/α-hetero) is 1. The minimum absolute atomic E-state index is 0.00425. The normalized spacial score (nSPS) is 47.6. The van der Waals surface area contributed by atoms with Gasteiger partial charge in [0.05, 0.1) is 11.5 Å². The molecule has 1 N–H and O–H groups in total. The average molecular weight is 417 g/mol. The van der Waals surface area contributed by atoms with Gasteiger partial charge in [0.1, 0.15) is 23.6 Å². The van der Waals surface area contributed by atoms with Crippen LogP contribution in [0.3, 0.4) is 0 Å². The number of rotatable bonds is 4. The van der Waals surface area contributed by atoms with E-state index in [2.05, 4.69) is 13.8 Å². The highest BCUT2D eigenvalue weighted by Crippen LogP contribution is 2.61. The lowest BCUT2D eigenvalue weighted by atomic mass is 9.55. The molecule has 4 rings (SSSR count). The van der Waals surface area contributed by atoms with Crippen molar-refractivity contribution in [3.05, 3.63) is 23.3 Å². The molecule has 5 heteroatoms. The van der Waals surface area contributed by atoms with Gasteiger partial charge in [-0.05, 0) is 76.7 Å². The molecule has 2 saturated carbocycles. The van der Waals surface area contributed by atoms with Gasteiger partial charge in [-0.3, -0.25) is 4.79 Å². The fraction of sp³-hybridized carbons (Fsp3) is 0.760. The molecule has 0 aromatic carbocycles. The molecule has 0 aromatic rings. The van der Waals surface area contributed by atoms with E-state index in [0.29, 0.717) is 18.8 Å². The highest BCUT2D eigenvalue weighted by Gasteiger charge is 2.71. The van der Waals surface area contributed by atoms with E-state index in [1.54, 1.807) is 0 Å². The van der Waals surface area contributed by atoms with Crippen LogP contribution in [0.25, 0.3) is 0 Å². The fourth-order valence-corrected chi connectivity index (χ4v) is 6.90. The van der Waals surface area contributed by atoms with Crippen LogP contribution in [-0.2, 0) is 19.1 Å². The van der Waals surface area contributed by atoms with E-state index in [1.165, 1.54) is 6.08 Å². The number of hydrogen-bond donors (Lipinski definition) is 1. The lowest BCUT2D eigenvalue weighted by Crippen LogP contribution is -2.62. The van der Waals surface area contributed by atoms with Crippen LogP contribution in [0.5, 0.6) is 0 Å². The minimum atomic E-state index is -1.20. The van der Waals surface area contributed by atoms with E-state index in [1.807, 2.05) is 33.8 Å². The smallest absolute Gasteiger partial charge is 0.331 e. The summed E-state index contributed by atoms with van der Waals surface area (Å²) in [4.78, 5) is 25.5. The maximum absolute atomic E-state index is 13.9. The SMILES string of the molecule is CC(C)=C[C@H]1O[C@@](C)(CCC2OC(=O)C=C2C)[C@@H]2C(=O)[C@@H]3[C@@H](CC[C@@H]3C)[C@H](C)[C@@]21O. The van der Waals surface area contributed by atoms with Crippen LogP contribution >= 0.6 is 0 Å². The second-order valence-corrected chi connectivity index (χ2v) is 10.7. The highest BCUT2D eigenvalue weighted by molar-refractivity contribution is 5.88. The van der Waals surface area contributed by atoms with Gasteiger partial charge in [0.2, 0.25) is 0 Å². The maximum atomic E-state index is 13.9. The second-order valence-electron chi connectivity index (χ2n) is 10.7. The summed E-state index contributed by atoms with van der Waals surface area (Å²) in [5.74, 6) is -0.139. The zero-order valence-electron chi connectivity index (χ0n) is 19.1. The minimum Gasteiger partial charge on any atom is -0.455 e. The molecule has 1 unspecified atom stereocenters. The lowest BCUT2D eigenvalue weighted by Gasteiger charge is -2.49. The number of ether oxygens (including phenoxy) is 2. The number of carbonyl (C=O) groups excluding carboxylic acids is 2. The molecule has 2 aliphatic carbocycles. The van der Waals surface area contributed by atoms with Crippen LogP contribution in [0.2, 0.25) is 0 Å². The zero-order valence-corrected chi connectivity index (χ0v) is 19.1. The second kappa shape index (κ2) is 7.30. The summed E-state index contributed by atoms with van der Waals surface area (Å²) in [6.45, 7) is 12.2. The van der Waals surface area contributed by atoms with Gasteiger partial charge in [-0.1, -0.05) is 25.5 Å². The van der Waals surface area contributed by atoms with Crippen molar-refractivity contribution in [2.24, 2.45) is 29.6 Å². The molecule has 5 nitrogen and oxygen atoms in total. The summed E-state index contributed by atoms with van der Waals surface area (Å²) < 4.78 is 12.0. The molecular formula is C25H36O5. The molecule has 9 atom stereocenters. The maximum Gasteiger partial charge on any atom is 0.331 e. The number of ketones is 1. The molecular weight excluding hydrogens is 380 g/mol. The molecule has 30 heavy (non-hydrogen) atoms. The third-order valence-corrected chi connectivity index (χ3v) is 8.44. The quantitative estimate of drug-likeness (QED) is 0.554. The Morgan fingerprint density at radius 3 is 2.57 bits per heavy atom. The Morgan fingerprint density at radius 2 is 1.97 bits per heavy atom. The van der Waals surface area contributed by atoms with E-state index >= 15 is 0 Å². The molecule has 4 aliphatic rings. The van der Waals surface area contributed by atoms with Crippen LogP contribution in [0.15, 0.2) is 23.3 Å².